The Morgan fingerprint density at radius 1 is 1.31 bits per heavy atom. The van der Waals surface area contributed by atoms with Crippen LogP contribution in [0.3, 0.4) is 0 Å². The Labute approximate surface area is 99.5 Å². The first kappa shape index (κ1) is 13.4. The van der Waals surface area contributed by atoms with Crippen LogP contribution in [0.25, 0.3) is 0 Å². The van der Waals surface area contributed by atoms with Gasteiger partial charge >= 0.3 is 0 Å². The highest BCUT2D eigenvalue weighted by molar-refractivity contribution is 8.11. The molecule has 0 aliphatic carbocycles. The number of aliphatic hydroxyl groups excluding tert-OH is 1. The predicted molar refractivity (Wildman–Crippen MR) is 69.8 cm³/mol. The molecule has 1 atom stereocenters. The van der Waals surface area contributed by atoms with Crippen molar-refractivity contribution in [3.63, 3.8) is 0 Å². The molecule has 0 bridgehead atoms. The third kappa shape index (κ3) is 8.76. The van der Waals surface area contributed by atoms with Crippen LogP contribution in [-0.4, -0.2) is 32.9 Å². The van der Waals surface area contributed by atoms with Crippen molar-refractivity contribution in [1.29, 1.82) is 0 Å². The van der Waals surface area contributed by atoms with Gasteiger partial charge in [-0.1, -0.05) is 24.4 Å². The van der Waals surface area contributed by atoms with Crippen LogP contribution in [0.1, 0.15) is 6.42 Å². The molecule has 1 unspecified atom stereocenters. The average molecular weight is 256 g/mol. The second-order valence-electron chi connectivity index (χ2n) is 2.34. The molecular formula is C6H12N2OS4. The van der Waals surface area contributed by atoms with Gasteiger partial charge in [-0.05, 0) is 6.42 Å². The van der Waals surface area contributed by atoms with E-state index in [1.54, 1.807) is 0 Å². The number of rotatable bonds is 5. The van der Waals surface area contributed by atoms with Crippen molar-refractivity contribution in [2.24, 2.45) is 0 Å². The van der Waals surface area contributed by atoms with Gasteiger partial charge in [0, 0.05) is 19.2 Å². The summed E-state index contributed by atoms with van der Waals surface area (Å²) in [6.07, 6.45) is 0.587. The fourth-order valence-corrected chi connectivity index (χ4v) is 1.29. The highest BCUT2D eigenvalue weighted by atomic mass is 32.1. The normalized spacial score (nSPS) is 11.9. The summed E-state index contributed by atoms with van der Waals surface area (Å²) in [5, 5.41) is 14.5. The predicted octanol–water partition coefficient (Wildman–Crippen LogP) is 0.346. The van der Waals surface area contributed by atoms with E-state index in [1.807, 2.05) is 0 Å². The average Bonchev–Trinajstić information content (AvgIpc) is 1.99. The minimum atomic E-state index is 0.0279. The van der Waals surface area contributed by atoms with Crippen molar-refractivity contribution in [1.82, 2.24) is 10.6 Å². The fourth-order valence-electron chi connectivity index (χ4n) is 0.766. The lowest BCUT2D eigenvalue weighted by Gasteiger charge is -2.17. The van der Waals surface area contributed by atoms with Crippen LogP contribution in [0.4, 0.5) is 0 Å². The third-order valence-electron chi connectivity index (χ3n) is 1.30. The molecule has 0 saturated carbocycles. The number of aliphatic hydroxyl groups is 1. The molecule has 0 heterocycles. The maximum atomic E-state index is 8.73. The molecule has 3 nitrogen and oxygen atoms in total. The molecule has 0 aliphatic heterocycles. The van der Waals surface area contributed by atoms with Crippen LogP contribution < -0.4 is 10.6 Å². The van der Waals surface area contributed by atoms with Gasteiger partial charge < -0.3 is 15.7 Å². The number of thiol groups is 2. The largest absolute Gasteiger partial charge is 0.396 e. The Morgan fingerprint density at radius 2 is 1.92 bits per heavy atom. The highest BCUT2D eigenvalue weighted by Crippen LogP contribution is 1.93. The van der Waals surface area contributed by atoms with Gasteiger partial charge in [-0.25, -0.2) is 0 Å². The van der Waals surface area contributed by atoms with Crippen LogP contribution in [0, 0.1) is 0 Å². The monoisotopic (exact) mass is 256 g/mol. The Balaban J connectivity index is 3.79. The highest BCUT2D eigenvalue weighted by Gasteiger charge is 2.07. The second-order valence-corrected chi connectivity index (χ2v) is 4.66. The summed E-state index contributed by atoms with van der Waals surface area (Å²) >= 11 is 17.3. The first-order valence-electron chi connectivity index (χ1n) is 3.63. The van der Waals surface area contributed by atoms with Crippen molar-refractivity contribution in [2.75, 3.05) is 13.2 Å². The molecule has 0 amide bonds. The summed E-state index contributed by atoms with van der Waals surface area (Å²) in [5.41, 5.74) is 0. The minimum absolute atomic E-state index is 0.0279. The van der Waals surface area contributed by atoms with Crippen LogP contribution in [0.5, 0.6) is 0 Å². The van der Waals surface area contributed by atoms with Crippen LogP contribution in [-0.2, 0) is 0 Å². The molecule has 0 aromatic rings. The van der Waals surface area contributed by atoms with E-state index in [4.69, 9.17) is 29.5 Å². The molecule has 0 aliphatic rings. The molecule has 0 aromatic carbocycles. The summed E-state index contributed by atoms with van der Waals surface area (Å²) < 4.78 is 0.833. The lowest BCUT2D eigenvalue weighted by Crippen LogP contribution is -2.41. The molecule has 13 heavy (non-hydrogen) atoms. The van der Waals surface area contributed by atoms with Crippen LogP contribution in [0.2, 0.25) is 0 Å². The van der Waals surface area contributed by atoms with Gasteiger partial charge in [-0.2, -0.15) is 0 Å². The summed E-state index contributed by atoms with van der Waals surface area (Å²) in [6.45, 7) is 0.665. The standard InChI is InChI=1S/C6H12N2OS4/c9-2-1-4(8-6(12)13)3-7-5(10)11/h4,9H,1-3H2,(H2,7,10,11)(H2,8,12,13). The fraction of sp³-hybridized carbons (Fsp3) is 0.667. The van der Waals surface area contributed by atoms with Crippen molar-refractivity contribution in [3.05, 3.63) is 0 Å². The lowest BCUT2D eigenvalue weighted by atomic mass is 10.2. The van der Waals surface area contributed by atoms with Crippen LogP contribution >= 0.6 is 49.7 Å². The van der Waals surface area contributed by atoms with Crippen molar-refractivity contribution in [2.45, 2.75) is 12.5 Å². The molecule has 0 saturated heterocycles. The van der Waals surface area contributed by atoms with Crippen molar-refractivity contribution < 1.29 is 5.11 Å². The zero-order valence-corrected chi connectivity index (χ0v) is 10.3. The van der Waals surface area contributed by atoms with Gasteiger partial charge in [0.15, 0.2) is 0 Å². The van der Waals surface area contributed by atoms with E-state index in [0.717, 1.165) is 0 Å². The summed E-state index contributed by atoms with van der Waals surface area (Å²) in [4.78, 5) is 0. The zero-order valence-electron chi connectivity index (χ0n) is 6.86. The van der Waals surface area contributed by atoms with E-state index in [0.29, 0.717) is 21.6 Å². The van der Waals surface area contributed by atoms with Gasteiger partial charge in [0.05, 0.1) is 0 Å². The molecule has 3 N–H and O–H groups in total. The summed E-state index contributed by atoms with van der Waals surface area (Å²) in [6, 6.07) is 0.0279. The molecule has 0 spiro atoms. The van der Waals surface area contributed by atoms with E-state index < -0.39 is 0 Å². The molecule has 0 aromatic heterocycles. The van der Waals surface area contributed by atoms with Gasteiger partial charge in [0.1, 0.15) is 8.64 Å². The number of nitrogens with one attached hydrogen (secondary N) is 2. The molecule has 0 fully saturated rings. The Bertz CT molecular complexity index is 187. The summed E-state index contributed by atoms with van der Waals surface area (Å²) in [7, 11) is 0. The minimum Gasteiger partial charge on any atom is -0.396 e. The SMILES string of the molecule is OCCC(CNC(=S)S)NC(=S)S. The van der Waals surface area contributed by atoms with E-state index in [9.17, 15) is 0 Å². The number of hydrogen-bond acceptors (Lipinski definition) is 3. The van der Waals surface area contributed by atoms with E-state index >= 15 is 0 Å². The topological polar surface area (TPSA) is 44.3 Å². The van der Waals surface area contributed by atoms with Crippen molar-refractivity contribution in [3.8, 4) is 0 Å². The van der Waals surface area contributed by atoms with Gasteiger partial charge in [-0.15, -0.1) is 25.3 Å². The van der Waals surface area contributed by atoms with Gasteiger partial charge in [0.25, 0.3) is 0 Å². The van der Waals surface area contributed by atoms with Gasteiger partial charge in [-0.3, -0.25) is 0 Å². The Hall–Kier alpha value is 0.440. The second kappa shape index (κ2) is 7.81. The van der Waals surface area contributed by atoms with E-state index in [-0.39, 0.29) is 12.6 Å². The lowest BCUT2D eigenvalue weighted by molar-refractivity contribution is 0.271. The smallest absolute Gasteiger partial charge is 0.130 e. The Kier molecular flexibility index (Phi) is 8.07. The third-order valence-corrected chi connectivity index (χ3v) is 1.85. The molecule has 0 radical (unpaired) electrons. The summed E-state index contributed by atoms with van der Waals surface area (Å²) in [5.74, 6) is 0. The van der Waals surface area contributed by atoms with Gasteiger partial charge in [0.2, 0.25) is 0 Å². The quantitative estimate of drug-likeness (QED) is 0.363. The molecule has 7 heteroatoms. The molecule has 76 valence electrons. The molecule has 0 rings (SSSR count). The Morgan fingerprint density at radius 3 is 2.31 bits per heavy atom. The first-order valence-corrected chi connectivity index (χ1v) is 5.34. The maximum absolute atomic E-state index is 8.73. The molecular weight excluding hydrogens is 244 g/mol. The zero-order chi connectivity index (χ0) is 10.3. The maximum Gasteiger partial charge on any atom is 0.130 e. The van der Waals surface area contributed by atoms with Crippen molar-refractivity contribution >= 4 is 58.3 Å². The van der Waals surface area contributed by atoms with Crippen LogP contribution in [0.15, 0.2) is 0 Å². The van der Waals surface area contributed by atoms with E-state index in [1.165, 1.54) is 0 Å². The van der Waals surface area contributed by atoms with E-state index in [2.05, 4.69) is 35.9 Å². The first-order chi connectivity index (χ1) is 6.06. The number of hydrogen-bond donors (Lipinski definition) is 5. The number of thiocarbonyl (C=S) groups is 2.